The number of hydrogen-bond acceptors (Lipinski definition) is 5. The van der Waals surface area contributed by atoms with Gasteiger partial charge in [-0.05, 0) is 96.3 Å². The molecule has 0 aromatic rings. The molecule has 0 aromatic carbocycles. The van der Waals surface area contributed by atoms with Crippen LogP contribution in [0, 0.1) is 0 Å². The molecule has 0 amide bonds. The molecule has 0 aliphatic rings. The van der Waals surface area contributed by atoms with Gasteiger partial charge in [-0.2, -0.15) is 0 Å². The van der Waals surface area contributed by atoms with Crippen LogP contribution in [0.2, 0.25) is 0 Å². The summed E-state index contributed by atoms with van der Waals surface area (Å²) in [6.45, 7) is 4.05. The molecule has 0 rings (SSSR count). The fourth-order valence-corrected chi connectivity index (χ4v) is 9.62. The summed E-state index contributed by atoms with van der Waals surface area (Å²) in [6, 6.07) is 0. The van der Waals surface area contributed by atoms with Crippen molar-refractivity contribution in [3.63, 3.8) is 0 Å². The van der Waals surface area contributed by atoms with Gasteiger partial charge in [0.25, 0.3) is 0 Å². The summed E-state index contributed by atoms with van der Waals surface area (Å²) in [4.78, 5) is 24.6. The van der Waals surface area contributed by atoms with E-state index in [4.69, 9.17) is 9.47 Å². The molecule has 1 N–H and O–H groups in total. The molecular weight excluding hydrogens is 993 g/mol. The molecule has 81 heavy (non-hydrogen) atoms. The van der Waals surface area contributed by atoms with Crippen LogP contribution in [-0.2, 0) is 19.1 Å². The van der Waals surface area contributed by atoms with Crippen LogP contribution in [0.3, 0.4) is 0 Å². The van der Waals surface area contributed by atoms with Gasteiger partial charge in [-0.1, -0.05) is 340 Å². The summed E-state index contributed by atoms with van der Waals surface area (Å²) >= 11 is 0. The van der Waals surface area contributed by atoms with Crippen molar-refractivity contribution >= 4 is 11.9 Å². The zero-order valence-corrected chi connectivity index (χ0v) is 53.0. The summed E-state index contributed by atoms with van der Waals surface area (Å²) in [6.07, 6.45) is 105. The Bertz CT molecular complexity index is 1650. The molecule has 0 heterocycles. The number of allylic oxidation sites excluding steroid dienone is 22. The molecule has 1 atom stereocenters. The van der Waals surface area contributed by atoms with Crippen LogP contribution in [0.4, 0.5) is 0 Å². The lowest BCUT2D eigenvalue weighted by Gasteiger charge is -2.15. The molecule has 0 spiro atoms. The summed E-state index contributed by atoms with van der Waals surface area (Å²) in [5.74, 6) is -0.598. The Morgan fingerprint density at radius 1 is 0.296 bits per heavy atom. The van der Waals surface area contributed by atoms with Crippen molar-refractivity contribution in [2.45, 2.75) is 322 Å². The zero-order chi connectivity index (χ0) is 58.4. The maximum atomic E-state index is 12.4. The van der Waals surface area contributed by atoms with E-state index in [-0.39, 0.29) is 25.2 Å². The number of unbranched alkanes of at least 4 members (excludes halogenated alkanes) is 32. The van der Waals surface area contributed by atoms with Crippen molar-refractivity contribution in [1.29, 1.82) is 0 Å². The maximum absolute atomic E-state index is 12.4. The van der Waals surface area contributed by atoms with Crippen molar-refractivity contribution in [1.82, 2.24) is 0 Å². The Morgan fingerprint density at radius 2 is 0.531 bits per heavy atom. The first kappa shape index (κ1) is 77.0. The number of ether oxygens (including phenoxy) is 2. The molecule has 0 fully saturated rings. The summed E-state index contributed by atoms with van der Waals surface area (Å²) in [5, 5.41) is 9.69. The lowest BCUT2D eigenvalue weighted by Crippen LogP contribution is -2.28. The number of rotatable bonds is 62. The molecule has 0 aromatic heterocycles. The highest BCUT2D eigenvalue weighted by molar-refractivity contribution is 5.70. The Labute approximate surface area is 502 Å². The Balaban J connectivity index is 3.56. The largest absolute Gasteiger partial charge is 0.462 e. The number of carbonyl (C=O) groups is 2. The molecule has 462 valence electrons. The highest BCUT2D eigenvalue weighted by atomic mass is 16.6. The van der Waals surface area contributed by atoms with E-state index < -0.39 is 6.10 Å². The lowest BCUT2D eigenvalue weighted by molar-refractivity contribution is -0.161. The van der Waals surface area contributed by atoms with Crippen molar-refractivity contribution < 1.29 is 24.2 Å². The summed E-state index contributed by atoms with van der Waals surface area (Å²) < 4.78 is 10.7. The van der Waals surface area contributed by atoms with E-state index >= 15 is 0 Å². The minimum atomic E-state index is -0.786. The number of aliphatic hydroxyl groups excluding tert-OH is 1. The molecule has 1 unspecified atom stereocenters. The first-order valence-electron chi connectivity index (χ1n) is 34.2. The van der Waals surface area contributed by atoms with E-state index in [1.807, 2.05) is 0 Å². The number of aliphatic hydroxyl groups is 1. The SMILES string of the molecule is CC/C=C\C/C=C\C/C=C\C/C=C\C/C=C\C/C=C\C/C=C\C/C=C\C/C=C\C/C=C\C/C=C\CCCCCCCCCC(=O)OC(CO)COC(=O)CCCCCCCCCCCCCCCCCCCCCCCCCCCC. The Morgan fingerprint density at radius 3 is 0.802 bits per heavy atom. The predicted octanol–water partition coefficient (Wildman–Crippen LogP) is 23.9. The number of esters is 2. The average molecular weight is 1120 g/mol. The summed E-state index contributed by atoms with van der Waals surface area (Å²) in [5.41, 5.74) is 0. The molecule has 0 radical (unpaired) electrons. The van der Waals surface area contributed by atoms with Crippen molar-refractivity contribution in [2.75, 3.05) is 13.2 Å². The first-order valence-corrected chi connectivity index (χ1v) is 34.2. The van der Waals surface area contributed by atoms with Crippen LogP contribution < -0.4 is 0 Å². The van der Waals surface area contributed by atoms with Gasteiger partial charge < -0.3 is 14.6 Å². The van der Waals surface area contributed by atoms with E-state index in [9.17, 15) is 14.7 Å². The number of carbonyl (C=O) groups excluding carboxylic acids is 2. The molecule has 0 saturated carbocycles. The average Bonchev–Trinajstić information content (AvgIpc) is 3.47. The van der Waals surface area contributed by atoms with Crippen LogP contribution in [0.25, 0.3) is 0 Å². The van der Waals surface area contributed by atoms with Crippen LogP contribution in [0.15, 0.2) is 134 Å². The molecule has 0 saturated heterocycles. The minimum absolute atomic E-state index is 0.0736. The van der Waals surface area contributed by atoms with Gasteiger partial charge in [-0.3, -0.25) is 9.59 Å². The van der Waals surface area contributed by atoms with E-state index in [2.05, 4.69) is 148 Å². The first-order chi connectivity index (χ1) is 40.1. The van der Waals surface area contributed by atoms with E-state index in [1.54, 1.807) is 0 Å². The van der Waals surface area contributed by atoms with E-state index in [0.29, 0.717) is 12.8 Å². The van der Waals surface area contributed by atoms with E-state index in [0.717, 1.165) is 116 Å². The van der Waals surface area contributed by atoms with Gasteiger partial charge in [-0.15, -0.1) is 0 Å². The minimum Gasteiger partial charge on any atom is -0.462 e. The normalized spacial score (nSPS) is 13.1. The van der Waals surface area contributed by atoms with Crippen molar-refractivity contribution in [2.24, 2.45) is 0 Å². The second-order valence-corrected chi connectivity index (χ2v) is 22.5. The van der Waals surface area contributed by atoms with Gasteiger partial charge >= 0.3 is 11.9 Å². The van der Waals surface area contributed by atoms with Gasteiger partial charge in [0.2, 0.25) is 0 Å². The van der Waals surface area contributed by atoms with Gasteiger partial charge in [0, 0.05) is 12.8 Å². The fraction of sp³-hybridized carbons (Fsp3) is 0.684. The smallest absolute Gasteiger partial charge is 0.306 e. The molecule has 0 aliphatic heterocycles. The van der Waals surface area contributed by atoms with Gasteiger partial charge in [0.15, 0.2) is 6.10 Å². The third kappa shape index (κ3) is 68.4. The fourth-order valence-electron chi connectivity index (χ4n) is 9.62. The molecule has 5 heteroatoms. The highest BCUT2D eigenvalue weighted by Gasteiger charge is 2.16. The molecule has 0 aliphatic carbocycles. The maximum Gasteiger partial charge on any atom is 0.306 e. The second kappa shape index (κ2) is 70.3. The summed E-state index contributed by atoms with van der Waals surface area (Å²) in [7, 11) is 0. The molecular formula is C76H128O5. The van der Waals surface area contributed by atoms with Crippen LogP contribution >= 0.6 is 0 Å². The predicted molar refractivity (Wildman–Crippen MR) is 357 cm³/mol. The standard InChI is InChI=1S/C76H128O5/c1-3-5-7-9-11-13-15-17-19-21-23-25-27-29-31-32-33-34-35-36-37-38-39-40-41-42-43-44-45-47-49-51-53-55-57-59-61-63-65-67-69-71-76(79)81-74(72-77)73-80-75(78)70-68-66-64-62-60-58-56-54-52-50-48-46-30-28-26-24-22-20-18-16-14-12-10-8-6-4-2/h5,7,11,13,17,19,23,25,29,31,33-34,36-37,39-40,42-43,45,47,51,53,74,77H,3-4,6,8-10,12,14-16,18,20-22,24,26-28,30,32,35,38,41,44,46,48-50,52,54-73H2,1-2H3/b7-5-,13-11-,19-17-,25-23-,31-29-,34-33-,37-36-,40-39-,43-42-,47-45-,53-51-. The second-order valence-electron chi connectivity index (χ2n) is 22.5. The Hall–Kier alpha value is -3.96. The number of hydrogen-bond donors (Lipinski definition) is 1. The lowest BCUT2D eigenvalue weighted by atomic mass is 10.0. The third-order valence-corrected chi connectivity index (χ3v) is 14.7. The molecule has 5 nitrogen and oxygen atoms in total. The van der Waals surface area contributed by atoms with Crippen LogP contribution in [0.5, 0.6) is 0 Å². The van der Waals surface area contributed by atoms with E-state index in [1.165, 1.54) is 173 Å². The topological polar surface area (TPSA) is 72.8 Å². The van der Waals surface area contributed by atoms with Gasteiger partial charge in [0.05, 0.1) is 6.61 Å². The Kier molecular flexibility index (Phi) is 66.9. The van der Waals surface area contributed by atoms with Crippen LogP contribution in [-0.4, -0.2) is 36.4 Å². The third-order valence-electron chi connectivity index (χ3n) is 14.7. The zero-order valence-electron chi connectivity index (χ0n) is 53.0. The van der Waals surface area contributed by atoms with Crippen molar-refractivity contribution in [3.8, 4) is 0 Å². The highest BCUT2D eigenvalue weighted by Crippen LogP contribution is 2.17. The quantitative estimate of drug-likeness (QED) is 0.0373. The van der Waals surface area contributed by atoms with Gasteiger partial charge in [-0.25, -0.2) is 0 Å². The molecule has 0 bridgehead atoms. The van der Waals surface area contributed by atoms with Crippen LogP contribution in [0.1, 0.15) is 316 Å². The van der Waals surface area contributed by atoms with Crippen molar-refractivity contribution in [3.05, 3.63) is 134 Å². The van der Waals surface area contributed by atoms with Gasteiger partial charge in [0.1, 0.15) is 6.61 Å². The monoisotopic (exact) mass is 1120 g/mol.